The minimum absolute atomic E-state index is 0.338. The highest BCUT2D eigenvalue weighted by Crippen LogP contribution is 2.49. The van der Waals surface area contributed by atoms with Gasteiger partial charge in [0, 0.05) is 12.0 Å². The van der Waals surface area contributed by atoms with Gasteiger partial charge in [-0.2, -0.15) is 11.8 Å². The van der Waals surface area contributed by atoms with E-state index in [-0.39, 0.29) is 0 Å². The second-order valence-electron chi connectivity index (χ2n) is 4.54. The molecule has 2 aliphatic rings. The van der Waals surface area contributed by atoms with E-state index < -0.39 is 0 Å². The highest BCUT2D eigenvalue weighted by Gasteiger charge is 2.50. The van der Waals surface area contributed by atoms with E-state index in [4.69, 9.17) is 10.5 Å². The topological polar surface area (TPSA) is 35.2 Å². The molecular formula is C11H21NOS. The Hall–Kier alpha value is 0.270. The van der Waals surface area contributed by atoms with Crippen molar-refractivity contribution in [3.8, 4) is 0 Å². The molecule has 0 spiro atoms. The molecule has 0 saturated carbocycles. The van der Waals surface area contributed by atoms with Gasteiger partial charge in [0.25, 0.3) is 0 Å². The fourth-order valence-corrected chi connectivity index (χ4v) is 3.73. The van der Waals surface area contributed by atoms with E-state index in [9.17, 15) is 0 Å². The predicted molar refractivity (Wildman–Crippen MR) is 61.6 cm³/mol. The summed E-state index contributed by atoms with van der Waals surface area (Å²) in [5.74, 6) is 2.47. The van der Waals surface area contributed by atoms with Crippen molar-refractivity contribution in [1.29, 1.82) is 0 Å². The molecule has 3 atom stereocenters. The van der Waals surface area contributed by atoms with Crippen LogP contribution in [0.25, 0.3) is 0 Å². The van der Waals surface area contributed by atoms with Crippen molar-refractivity contribution in [3.63, 3.8) is 0 Å². The molecule has 3 unspecified atom stereocenters. The van der Waals surface area contributed by atoms with Gasteiger partial charge in [0.15, 0.2) is 0 Å². The molecule has 14 heavy (non-hydrogen) atoms. The summed E-state index contributed by atoms with van der Waals surface area (Å²) in [5, 5.41) is 0. The van der Waals surface area contributed by atoms with Crippen LogP contribution in [0, 0.1) is 5.41 Å². The van der Waals surface area contributed by atoms with Gasteiger partial charge >= 0.3 is 0 Å². The second-order valence-corrected chi connectivity index (χ2v) is 5.94. The normalized spacial score (nSPS) is 40.7. The van der Waals surface area contributed by atoms with Gasteiger partial charge in [0.05, 0.1) is 12.2 Å². The zero-order chi connectivity index (χ0) is 10.0. The summed E-state index contributed by atoms with van der Waals surface area (Å²) in [6, 6.07) is 0. The SMILES string of the molecule is CCSCCC1(CN)CC2CCC1O2. The van der Waals surface area contributed by atoms with Crippen LogP contribution in [0.2, 0.25) is 0 Å². The molecule has 0 aromatic heterocycles. The quantitative estimate of drug-likeness (QED) is 0.713. The van der Waals surface area contributed by atoms with Crippen LogP contribution in [0.3, 0.4) is 0 Å². The maximum absolute atomic E-state index is 5.95. The van der Waals surface area contributed by atoms with Gasteiger partial charge in [0.1, 0.15) is 0 Å². The van der Waals surface area contributed by atoms with Gasteiger partial charge in [-0.05, 0) is 37.2 Å². The standard InChI is InChI=1S/C11H21NOS/c1-2-14-6-5-11(8-12)7-9-3-4-10(11)13-9/h9-10H,2-8,12H2,1H3. The average Bonchev–Trinajstić information content (AvgIpc) is 2.78. The summed E-state index contributed by atoms with van der Waals surface area (Å²) in [7, 11) is 0. The highest BCUT2D eigenvalue weighted by atomic mass is 32.2. The molecule has 0 amide bonds. The first-order chi connectivity index (χ1) is 6.80. The Morgan fingerprint density at radius 2 is 2.36 bits per heavy atom. The fourth-order valence-electron chi connectivity index (χ4n) is 2.89. The average molecular weight is 215 g/mol. The summed E-state index contributed by atoms with van der Waals surface area (Å²) in [4.78, 5) is 0. The largest absolute Gasteiger partial charge is 0.374 e. The second kappa shape index (κ2) is 4.42. The Bertz CT molecular complexity index is 200. The molecule has 3 heteroatoms. The van der Waals surface area contributed by atoms with Crippen LogP contribution in [-0.4, -0.2) is 30.3 Å². The highest BCUT2D eigenvalue weighted by molar-refractivity contribution is 7.99. The summed E-state index contributed by atoms with van der Waals surface area (Å²) < 4.78 is 5.92. The molecule has 0 aliphatic carbocycles. The summed E-state index contributed by atoms with van der Waals surface area (Å²) in [6.07, 6.45) is 6.01. The van der Waals surface area contributed by atoms with Crippen LogP contribution in [0.5, 0.6) is 0 Å². The van der Waals surface area contributed by atoms with Gasteiger partial charge in [-0.3, -0.25) is 0 Å². The van der Waals surface area contributed by atoms with E-state index in [1.54, 1.807) is 0 Å². The first-order valence-corrected chi connectivity index (χ1v) is 6.89. The Balaban J connectivity index is 1.90. The maximum atomic E-state index is 5.95. The van der Waals surface area contributed by atoms with Gasteiger partial charge < -0.3 is 10.5 Å². The number of thioether (sulfide) groups is 1. The molecule has 2 saturated heterocycles. The molecule has 2 fully saturated rings. The number of rotatable bonds is 5. The third kappa shape index (κ3) is 1.82. The molecule has 2 N–H and O–H groups in total. The number of nitrogens with two attached hydrogens (primary N) is 1. The lowest BCUT2D eigenvalue weighted by molar-refractivity contribution is 0.0625. The van der Waals surface area contributed by atoms with E-state index in [0.29, 0.717) is 17.6 Å². The molecule has 0 aromatic rings. The van der Waals surface area contributed by atoms with Crippen molar-refractivity contribution in [1.82, 2.24) is 0 Å². The van der Waals surface area contributed by atoms with Crippen LogP contribution in [-0.2, 0) is 4.74 Å². The molecule has 2 aliphatic heterocycles. The minimum Gasteiger partial charge on any atom is -0.374 e. The third-order valence-electron chi connectivity index (χ3n) is 3.78. The molecule has 2 rings (SSSR count). The lowest BCUT2D eigenvalue weighted by Crippen LogP contribution is -2.40. The monoisotopic (exact) mass is 215 g/mol. The van der Waals surface area contributed by atoms with Crippen LogP contribution < -0.4 is 5.73 Å². The number of fused-ring (bicyclic) bond motifs is 2. The lowest BCUT2D eigenvalue weighted by atomic mass is 9.72. The molecule has 0 radical (unpaired) electrons. The number of ether oxygens (including phenoxy) is 1. The van der Waals surface area contributed by atoms with Crippen molar-refractivity contribution in [2.24, 2.45) is 11.1 Å². The molecular weight excluding hydrogens is 194 g/mol. The maximum Gasteiger partial charge on any atom is 0.0649 e. The Morgan fingerprint density at radius 3 is 2.86 bits per heavy atom. The van der Waals surface area contributed by atoms with Gasteiger partial charge in [-0.1, -0.05) is 6.92 Å². The lowest BCUT2D eigenvalue weighted by Gasteiger charge is -2.34. The zero-order valence-corrected chi connectivity index (χ0v) is 9.81. The number of hydrogen-bond acceptors (Lipinski definition) is 3. The van der Waals surface area contributed by atoms with Crippen molar-refractivity contribution in [3.05, 3.63) is 0 Å². The van der Waals surface area contributed by atoms with Crippen molar-refractivity contribution < 1.29 is 4.74 Å². The molecule has 2 heterocycles. The van der Waals surface area contributed by atoms with E-state index in [2.05, 4.69) is 6.92 Å². The van der Waals surface area contributed by atoms with Crippen molar-refractivity contribution in [2.75, 3.05) is 18.1 Å². The Labute approximate surface area is 91.0 Å². The van der Waals surface area contributed by atoms with E-state index in [1.807, 2.05) is 11.8 Å². The third-order valence-corrected chi connectivity index (χ3v) is 4.68. The number of hydrogen-bond donors (Lipinski definition) is 1. The predicted octanol–water partition coefficient (Wildman–Crippen LogP) is 2.03. The van der Waals surface area contributed by atoms with Gasteiger partial charge in [0.2, 0.25) is 0 Å². The molecule has 82 valence electrons. The van der Waals surface area contributed by atoms with E-state index in [0.717, 1.165) is 6.54 Å². The van der Waals surface area contributed by atoms with Crippen LogP contribution in [0.4, 0.5) is 0 Å². The summed E-state index contributed by atoms with van der Waals surface area (Å²) in [5.41, 5.74) is 6.29. The minimum atomic E-state index is 0.338. The smallest absolute Gasteiger partial charge is 0.0649 e. The summed E-state index contributed by atoms with van der Waals surface area (Å²) in [6.45, 7) is 3.04. The first-order valence-electron chi connectivity index (χ1n) is 5.74. The van der Waals surface area contributed by atoms with E-state index in [1.165, 1.54) is 37.2 Å². The first kappa shape index (κ1) is 10.8. The molecule has 2 nitrogen and oxygen atoms in total. The van der Waals surface area contributed by atoms with Crippen LogP contribution in [0.1, 0.15) is 32.6 Å². The van der Waals surface area contributed by atoms with Crippen LogP contribution in [0.15, 0.2) is 0 Å². The zero-order valence-electron chi connectivity index (χ0n) is 9.00. The van der Waals surface area contributed by atoms with Crippen molar-refractivity contribution >= 4 is 11.8 Å². The molecule has 0 aromatic carbocycles. The molecule has 2 bridgehead atoms. The Kier molecular flexibility index (Phi) is 3.40. The summed E-state index contributed by atoms with van der Waals surface area (Å²) >= 11 is 2.03. The van der Waals surface area contributed by atoms with Crippen molar-refractivity contribution in [2.45, 2.75) is 44.8 Å². The fraction of sp³-hybridized carbons (Fsp3) is 1.00. The van der Waals surface area contributed by atoms with Crippen LogP contribution >= 0.6 is 11.8 Å². The van der Waals surface area contributed by atoms with Gasteiger partial charge in [-0.15, -0.1) is 0 Å². The van der Waals surface area contributed by atoms with E-state index >= 15 is 0 Å². The van der Waals surface area contributed by atoms with Gasteiger partial charge in [-0.25, -0.2) is 0 Å². The Morgan fingerprint density at radius 1 is 1.50 bits per heavy atom.